The van der Waals surface area contributed by atoms with Crippen LogP contribution in [0, 0.1) is 13.8 Å². The molecule has 0 spiro atoms. The van der Waals surface area contributed by atoms with Gasteiger partial charge in [0.25, 0.3) is 0 Å². The van der Waals surface area contributed by atoms with Crippen molar-refractivity contribution in [1.82, 2.24) is 15.4 Å². The number of hydrogen-bond acceptors (Lipinski definition) is 4. The summed E-state index contributed by atoms with van der Waals surface area (Å²) in [4.78, 5) is 14.4. The standard InChI is InChI=1S/C14H23N3O2/c1-4-17-7-5-6-12(17)9-15-14(18)8-13-10(2)16-19-11(13)3/h12H,4-9H2,1-3H3,(H,15,18). The molecule has 1 unspecified atom stereocenters. The largest absolute Gasteiger partial charge is 0.361 e. The number of hydrogen-bond donors (Lipinski definition) is 1. The van der Waals surface area contributed by atoms with Crippen LogP contribution in [-0.4, -0.2) is 41.6 Å². The Hall–Kier alpha value is -1.36. The average molecular weight is 265 g/mol. The van der Waals surface area contributed by atoms with Crippen LogP contribution in [0.25, 0.3) is 0 Å². The van der Waals surface area contributed by atoms with E-state index < -0.39 is 0 Å². The second-order valence-electron chi connectivity index (χ2n) is 5.21. The topological polar surface area (TPSA) is 58.4 Å². The van der Waals surface area contributed by atoms with Gasteiger partial charge in [0.1, 0.15) is 5.76 Å². The molecule has 0 bridgehead atoms. The van der Waals surface area contributed by atoms with Crippen LogP contribution in [0.3, 0.4) is 0 Å². The second-order valence-corrected chi connectivity index (χ2v) is 5.21. The van der Waals surface area contributed by atoms with Crippen molar-refractivity contribution in [2.45, 2.75) is 46.1 Å². The van der Waals surface area contributed by atoms with E-state index in [9.17, 15) is 4.79 Å². The minimum absolute atomic E-state index is 0.0531. The van der Waals surface area contributed by atoms with Gasteiger partial charge in [-0.2, -0.15) is 0 Å². The lowest BCUT2D eigenvalue weighted by Gasteiger charge is -2.22. The van der Waals surface area contributed by atoms with E-state index in [-0.39, 0.29) is 5.91 Å². The van der Waals surface area contributed by atoms with Gasteiger partial charge in [0.15, 0.2) is 0 Å². The van der Waals surface area contributed by atoms with E-state index in [2.05, 4.69) is 22.3 Å². The first kappa shape index (κ1) is 14.1. The van der Waals surface area contributed by atoms with Gasteiger partial charge in [-0.3, -0.25) is 9.69 Å². The van der Waals surface area contributed by atoms with Gasteiger partial charge in [0.05, 0.1) is 12.1 Å². The molecule has 0 aromatic carbocycles. The van der Waals surface area contributed by atoms with Crippen LogP contribution in [0.4, 0.5) is 0 Å². The van der Waals surface area contributed by atoms with Gasteiger partial charge in [-0.15, -0.1) is 0 Å². The predicted octanol–water partition coefficient (Wildman–Crippen LogP) is 1.43. The molecule has 1 atom stereocenters. The second kappa shape index (κ2) is 6.19. The zero-order valence-corrected chi connectivity index (χ0v) is 12.0. The minimum Gasteiger partial charge on any atom is -0.361 e. The molecule has 1 aliphatic heterocycles. The molecular weight excluding hydrogens is 242 g/mol. The molecule has 0 aliphatic carbocycles. The molecule has 1 aliphatic rings. The number of amides is 1. The van der Waals surface area contributed by atoms with Crippen LogP contribution < -0.4 is 5.32 Å². The summed E-state index contributed by atoms with van der Waals surface area (Å²) in [7, 11) is 0. The number of carbonyl (C=O) groups is 1. The van der Waals surface area contributed by atoms with Crippen LogP contribution in [0.5, 0.6) is 0 Å². The number of carbonyl (C=O) groups excluding carboxylic acids is 1. The van der Waals surface area contributed by atoms with Crippen molar-refractivity contribution in [1.29, 1.82) is 0 Å². The Kier molecular flexibility index (Phi) is 4.58. The highest BCUT2D eigenvalue weighted by molar-refractivity contribution is 5.79. The number of aromatic nitrogens is 1. The first-order valence-corrected chi connectivity index (χ1v) is 7.04. The van der Waals surface area contributed by atoms with Crippen LogP contribution in [0.2, 0.25) is 0 Å². The van der Waals surface area contributed by atoms with Gasteiger partial charge in [0, 0.05) is 18.2 Å². The molecular formula is C14H23N3O2. The van der Waals surface area contributed by atoms with E-state index in [0.717, 1.165) is 36.7 Å². The molecule has 0 saturated carbocycles. The molecule has 0 radical (unpaired) electrons. The van der Waals surface area contributed by atoms with Crippen molar-refractivity contribution in [3.05, 3.63) is 17.0 Å². The monoisotopic (exact) mass is 265 g/mol. The lowest BCUT2D eigenvalue weighted by Crippen LogP contribution is -2.40. The first-order chi connectivity index (χ1) is 9.11. The maximum atomic E-state index is 12.0. The summed E-state index contributed by atoms with van der Waals surface area (Å²) in [6.45, 7) is 8.85. The third-order valence-corrected chi connectivity index (χ3v) is 3.96. The zero-order chi connectivity index (χ0) is 13.8. The van der Waals surface area contributed by atoms with E-state index in [0.29, 0.717) is 12.5 Å². The van der Waals surface area contributed by atoms with E-state index in [4.69, 9.17) is 4.52 Å². The van der Waals surface area contributed by atoms with Crippen molar-refractivity contribution in [3.8, 4) is 0 Å². The van der Waals surface area contributed by atoms with E-state index in [1.54, 1.807) is 0 Å². The fourth-order valence-electron chi connectivity index (χ4n) is 2.75. The summed E-state index contributed by atoms with van der Waals surface area (Å²) < 4.78 is 5.07. The Morgan fingerprint density at radius 3 is 2.95 bits per heavy atom. The molecule has 1 fully saturated rings. The van der Waals surface area contributed by atoms with Crippen molar-refractivity contribution in [2.75, 3.05) is 19.6 Å². The Morgan fingerprint density at radius 1 is 1.53 bits per heavy atom. The molecule has 1 aromatic rings. The Bertz CT molecular complexity index is 422. The maximum absolute atomic E-state index is 12.0. The molecule has 1 N–H and O–H groups in total. The van der Waals surface area contributed by atoms with Crippen molar-refractivity contribution < 1.29 is 9.32 Å². The van der Waals surface area contributed by atoms with Crippen molar-refractivity contribution >= 4 is 5.91 Å². The lowest BCUT2D eigenvalue weighted by molar-refractivity contribution is -0.120. The highest BCUT2D eigenvalue weighted by Gasteiger charge is 2.23. The first-order valence-electron chi connectivity index (χ1n) is 7.04. The average Bonchev–Trinajstić information content (AvgIpc) is 2.97. The van der Waals surface area contributed by atoms with Gasteiger partial charge in [0.2, 0.25) is 5.91 Å². The summed E-state index contributed by atoms with van der Waals surface area (Å²) in [5.74, 6) is 0.793. The molecule has 2 heterocycles. The lowest BCUT2D eigenvalue weighted by atomic mass is 10.1. The van der Waals surface area contributed by atoms with Crippen LogP contribution >= 0.6 is 0 Å². The Morgan fingerprint density at radius 2 is 2.32 bits per heavy atom. The Labute approximate surface area is 114 Å². The zero-order valence-electron chi connectivity index (χ0n) is 12.0. The van der Waals surface area contributed by atoms with Gasteiger partial charge in [-0.05, 0) is 39.8 Å². The molecule has 1 aromatic heterocycles. The van der Waals surface area contributed by atoms with Gasteiger partial charge < -0.3 is 9.84 Å². The number of nitrogens with zero attached hydrogens (tertiary/aromatic N) is 2. The molecule has 106 valence electrons. The predicted molar refractivity (Wildman–Crippen MR) is 73.0 cm³/mol. The Balaban J connectivity index is 1.82. The molecule has 19 heavy (non-hydrogen) atoms. The van der Waals surface area contributed by atoms with Crippen molar-refractivity contribution in [2.24, 2.45) is 0 Å². The highest BCUT2D eigenvalue weighted by Crippen LogP contribution is 2.16. The molecule has 5 nitrogen and oxygen atoms in total. The summed E-state index contributed by atoms with van der Waals surface area (Å²) in [6.07, 6.45) is 2.78. The number of likely N-dealkylation sites (N-methyl/N-ethyl adjacent to an activating group) is 1. The third kappa shape index (κ3) is 3.35. The molecule has 1 saturated heterocycles. The van der Waals surface area contributed by atoms with Crippen molar-refractivity contribution in [3.63, 3.8) is 0 Å². The van der Waals surface area contributed by atoms with E-state index in [1.807, 2.05) is 13.8 Å². The van der Waals surface area contributed by atoms with Crippen LogP contribution in [-0.2, 0) is 11.2 Å². The van der Waals surface area contributed by atoms with E-state index >= 15 is 0 Å². The highest BCUT2D eigenvalue weighted by atomic mass is 16.5. The number of aryl methyl sites for hydroxylation is 2. The summed E-state index contributed by atoms with van der Waals surface area (Å²) in [5.41, 5.74) is 1.72. The number of likely N-dealkylation sites (tertiary alicyclic amines) is 1. The minimum atomic E-state index is 0.0531. The smallest absolute Gasteiger partial charge is 0.224 e. The normalized spacial score (nSPS) is 19.8. The van der Waals surface area contributed by atoms with Gasteiger partial charge in [-0.1, -0.05) is 12.1 Å². The fourth-order valence-corrected chi connectivity index (χ4v) is 2.75. The van der Waals surface area contributed by atoms with E-state index in [1.165, 1.54) is 12.8 Å². The van der Waals surface area contributed by atoms with Crippen LogP contribution in [0.15, 0.2) is 4.52 Å². The quantitative estimate of drug-likeness (QED) is 0.875. The number of nitrogens with one attached hydrogen (secondary N) is 1. The summed E-state index contributed by atoms with van der Waals surface area (Å²) >= 11 is 0. The fraction of sp³-hybridized carbons (Fsp3) is 0.714. The molecule has 2 rings (SSSR count). The number of rotatable bonds is 5. The van der Waals surface area contributed by atoms with Crippen LogP contribution in [0.1, 0.15) is 36.8 Å². The molecule has 1 amide bonds. The molecule has 5 heteroatoms. The SMILES string of the molecule is CCN1CCCC1CNC(=O)Cc1c(C)noc1C. The van der Waals surface area contributed by atoms with Gasteiger partial charge >= 0.3 is 0 Å². The summed E-state index contributed by atoms with van der Waals surface area (Å²) in [5, 5.41) is 6.90. The van der Waals surface area contributed by atoms with Gasteiger partial charge in [-0.25, -0.2) is 0 Å². The third-order valence-electron chi connectivity index (χ3n) is 3.96. The maximum Gasteiger partial charge on any atom is 0.224 e. The summed E-state index contributed by atoms with van der Waals surface area (Å²) in [6, 6.07) is 0.499.